The number of hydrogen-bond acceptors (Lipinski definition) is 4. The van der Waals surface area contributed by atoms with Crippen molar-refractivity contribution in [3.8, 4) is 0 Å². The molecule has 1 aliphatic heterocycles. The minimum absolute atomic E-state index is 0.399. The van der Waals surface area contributed by atoms with Crippen molar-refractivity contribution >= 4 is 5.82 Å². The maximum Gasteiger partial charge on any atom is 0.416 e. The van der Waals surface area contributed by atoms with E-state index in [2.05, 4.69) is 16.8 Å². The van der Waals surface area contributed by atoms with Crippen molar-refractivity contribution in [2.24, 2.45) is 11.7 Å². The lowest BCUT2D eigenvalue weighted by molar-refractivity contribution is -0.137. The quantitative estimate of drug-likeness (QED) is 0.921. The monoisotopic (exact) mass is 302 g/mol. The Kier molecular flexibility index (Phi) is 5.05. The Labute approximate surface area is 122 Å². The number of nitrogens with two attached hydrogens (primary N) is 1. The SMILES string of the molecule is CC(CN)CN1CCN(c2cc(C(F)(F)F)ccn2)CC1. The summed E-state index contributed by atoms with van der Waals surface area (Å²) in [5, 5.41) is 0. The molecule has 0 radical (unpaired) electrons. The number of pyridine rings is 1. The van der Waals surface area contributed by atoms with Crippen molar-refractivity contribution in [3.63, 3.8) is 0 Å². The largest absolute Gasteiger partial charge is 0.416 e. The van der Waals surface area contributed by atoms with Gasteiger partial charge < -0.3 is 10.6 Å². The van der Waals surface area contributed by atoms with Gasteiger partial charge in [0.05, 0.1) is 5.56 Å². The average molecular weight is 302 g/mol. The van der Waals surface area contributed by atoms with E-state index in [9.17, 15) is 13.2 Å². The standard InChI is InChI=1S/C14H21F3N4/c1-11(9-18)10-20-4-6-21(7-5-20)13-8-12(2-3-19-13)14(15,16)17/h2-3,8,11H,4-7,9-10,18H2,1H3. The first-order chi connectivity index (χ1) is 9.90. The Bertz CT molecular complexity index is 456. The highest BCUT2D eigenvalue weighted by molar-refractivity contribution is 5.42. The summed E-state index contributed by atoms with van der Waals surface area (Å²) in [6.07, 6.45) is -3.10. The molecule has 1 atom stereocenters. The molecule has 4 nitrogen and oxygen atoms in total. The topological polar surface area (TPSA) is 45.4 Å². The molecule has 0 bridgehead atoms. The molecule has 0 saturated carbocycles. The smallest absolute Gasteiger partial charge is 0.354 e. The zero-order chi connectivity index (χ0) is 15.5. The zero-order valence-corrected chi connectivity index (χ0v) is 12.1. The first kappa shape index (κ1) is 16.0. The van der Waals surface area contributed by atoms with E-state index < -0.39 is 11.7 Å². The van der Waals surface area contributed by atoms with Gasteiger partial charge in [0.1, 0.15) is 5.82 Å². The Morgan fingerprint density at radius 2 is 1.95 bits per heavy atom. The fraction of sp³-hybridized carbons (Fsp3) is 0.643. The van der Waals surface area contributed by atoms with E-state index in [0.29, 0.717) is 31.4 Å². The van der Waals surface area contributed by atoms with Crippen molar-refractivity contribution < 1.29 is 13.2 Å². The van der Waals surface area contributed by atoms with Crippen molar-refractivity contribution in [1.29, 1.82) is 0 Å². The third-order valence-electron chi connectivity index (χ3n) is 3.74. The van der Waals surface area contributed by atoms with Crippen LogP contribution in [0.4, 0.5) is 19.0 Å². The van der Waals surface area contributed by atoms with Crippen LogP contribution in [0.1, 0.15) is 12.5 Å². The fourth-order valence-electron chi connectivity index (χ4n) is 2.44. The van der Waals surface area contributed by atoms with E-state index in [0.717, 1.165) is 31.8 Å². The van der Waals surface area contributed by atoms with Gasteiger partial charge >= 0.3 is 6.18 Å². The van der Waals surface area contributed by atoms with E-state index >= 15 is 0 Å². The van der Waals surface area contributed by atoms with Crippen LogP contribution in [-0.4, -0.2) is 49.2 Å². The van der Waals surface area contributed by atoms with Gasteiger partial charge in [-0.05, 0) is 24.6 Å². The molecule has 118 valence electrons. The highest BCUT2D eigenvalue weighted by Gasteiger charge is 2.31. The predicted octanol–water partition coefficient (Wildman–Crippen LogP) is 1.82. The first-order valence-electron chi connectivity index (χ1n) is 7.10. The second-order valence-electron chi connectivity index (χ2n) is 5.53. The van der Waals surface area contributed by atoms with Gasteiger partial charge in [0.25, 0.3) is 0 Å². The highest BCUT2D eigenvalue weighted by Crippen LogP contribution is 2.30. The van der Waals surface area contributed by atoms with Gasteiger partial charge in [-0.2, -0.15) is 13.2 Å². The van der Waals surface area contributed by atoms with Crippen LogP contribution in [0, 0.1) is 5.92 Å². The summed E-state index contributed by atoms with van der Waals surface area (Å²) in [7, 11) is 0. The van der Waals surface area contributed by atoms with E-state index in [1.165, 1.54) is 6.20 Å². The number of hydrogen-bond donors (Lipinski definition) is 1. The Morgan fingerprint density at radius 1 is 1.29 bits per heavy atom. The van der Waals surface area contributed by atoms with Crippen LogP contribution < -0.4 is 10.6 Å². The van der Waals surface area contributed by atoms with Crippen LogP contribution in [0.5, 0.6) is 0 Å². The van der Waals surface area contributed by atoms with Crippen LogP contribution >= 0.6 is 0 Å². The van der Waals surface area contributed by atoms with Crippen molar-refractivity contribution in [2.75, 3.05) is 44.2 Å². The van der Waals surface area contributed by atoms with Crippen LogP contribution in [0.2, 0.25) is 0 Å². The van der Waals surface area contributed by atoms with Crippen LogP contribution in [0.15, 0.2) is 18.3 Å². The maximum absolute atomic E-state index is 12.7. The van der Waals surface area contributed by atoms with E-state index in [1.54, 1.807) is 0 Å². The molecule has 1 unspecified atom stereocenters. The zero-order valence-electron chi connectivity index (χ0n) is 12.1. The van der Waals surface area contributed by atoms with Gasteiger partial charge in [-0.25, -0.2) is 4.98 Å². The molecule has 1 aromatic rings. The molecule has 1 aliphatic rings. The summed E-state index contributed by atoms with van der Waals surface area (Å²) < 4.78 is 38.1. The molecule has 2 rings (SSSR count). The summed E-state index contributed by atoms with van der Waals surface area (Å²) in [6, 6.07) is 2.13. The van der Waals surface area contributed by atoms with Gasteiger partial charge in [0.15, 0.2) is 0 Å². The van der Waals surface area contributed by atoms with Gasteiger partial charge in [0, 0.05) is 38.9 Å². The van der Waals surface area contributed by atoms with E-state index in [1.807, 2.05) is 4.90 Å². The lowest BCUT2D eigenvalue weighted by atomic mass is 10.1. The molecule has 0 spiro atoms. The van der Waals surface area contributed by atoms with Crippen molar-refractivity contribution in [2.45, 2.75) is 13.1 Å². The molecule has 1 fully saturated rings. The normalized spacial score (nSPS) is 18.8. The lowest BCUT2D eigenvalue weighted by Gasteiger charge is -2.36. The summed E-state index contributed by atoms with van der Waals surface area (Å²) in [5.41, 5.74) is 4.96. The average Bonchev–Trinajstić information content (AvgIpc) is 2.47. The van der Waals surface area contributed by atoms with Gasteiger partial charge in [-0.15, -0.1) is 0 Å². The first-order valence-corrected chi connectivity index (χ1v) is 7.10. The second kappa shape index (κ2) is 6.62. The number of alkyl halides is 3. The van der Waals surface area contributed by atoms with Crippen molar-refractivity contribution in [3.05, 3.63) is 23.9 Å². The Morgan fingerprint density at radius 3 is 2.52 bits per heavy atom. The summed E-state index contributed by atoms with van der Waals surface area (Å²) in [6.45, 7) is 6.69. The van der Waals surface area contributed by atoms with E-state index in [4.69, 9.17) is 5.73 Å². The highest BCUT2D eigenvalue weighted by atomic mass is 19.4. The predicted molar refractivity (Wildman–Crippen MR) is 76.1 cm³/mol. The molecule has 0 amide bonds. The third-order valence-corrected chi connectivity index (χ3v) is 3.74. The third kappa shape index (κ3) is 4.31. The van der Waals surface area contributed by atoms with E-state index in [-0.39, 0.29) is 0 Å². The Balaban J connectivity index is 1.96. The molecule has 2 heterocycles. The molecule has 1 saturated heterocycles. The molecule has 0 aliphatic carbocycles. The lowest BCUT2D eigenvalue weighted by Crippen LogP contribution is -2.48. The molecular weight excluding hydrogens is 281 g/mol. The number of rotatable bonds is 4. The molecule has 21 heavy (non-hydrogen) atoms. The molecule has 7 heteroatoms. The minimum atomic E-state index is -4.32. The number of halogens is 3. The molecule has 1 aromatic heterocycles. The molecule has 0 aromatic carbocycles. The maximum atomic E-state index is 12.7. The minimum Gasteiger partial charge on any atom is -0.354 e. The van der Waals surface area contributed by atoms with Gasteiger partial charge in [0.2, 0.25) is 0 Å². The van der Waals surface area contributed by atoms with Gasteiger partial charge in [-0.3, -0.25) is 4.90 Å². The second-order valence-corrected chi connectivity index (χ2v) is 5.53. The number of piperazine rings is 1. The van der Waals surface area contributed by atoms with Gasteiger partial charge in [-0.1, -0.05) is 6.92 Å². The van der Waals surface area contributed by atoms with Crippen LogP contribution in [0.3, 0.4) is 0 Å². The fourth-order valence-corrected chi connectivity index (χ4v) is 2.44. The summed E-state index contributed by atoms with van der Waals surface area (Å²) in [4.78, 5) is 8.26. The van der Waals surface area contributed by atoms with Crippen LogP contribution in [0.25, 0.3) is 0 Å². The number of nitrogens with zero attached hydrogens (tertiary/aromatic N) is 3. The number of aromatic nitrogens is 1. The molecule has 2 N–H and O–H groups in total. The van der Waals surface area contributed by atoms with Crippen molar-refractivity contribution in [1.82, 2.24) is 9.88 Å². The molecular formula is C14H21F3N4. The Hall–Kier alpha value is -1.34. The summed E-state index contributed by atoms with van der Waals surface area (Å²) >= 11 is 0. The summed E-state index contributed by atoms with van der Waals surface area (Å²) in [5.74, 6) is 0.833. The number of anilines is 1. The van der Waals surface area contributed by atoms with Crippen LogP contribution in [-0.2, 0) is 6.18 Å².